The van der Waals surface area contributed by atoms with Crippen molar-refractivity contribution in [3.05, 3.63) is 71.3 Å². The Labute approximate surface area is 195 Å². The van der Waals surface area contributed by atoms with E-state index in [9.17, 15) is 9.90 Å². The molecule has 0 bridgehead atoms. The number of benzene rings is 2. The highest BCUT2D eigenvalue weighted by molar-refractivity contribution is 6.01. The largest absolute Gasteiger partial charge is 0.380 e. The normalized spacial score (nSPS) is 19.8. The Hall–Kier alpha value is -2.13. The number of carbonyl (C=O) groups excluding carboxylic acids is 1. The summed E-state index contributed by atoms with van der Waals surface area (Å²) in [5, 5.41) is 10.8. The zero-order valence-corrected chi connectivity index (χ0v) is 19.1. The highest BCUT2D eigenvalue weighted by atomic mass is 16.5. The lowest BCUT2D eigenvalue weighted by atomic mass is 9.93. The van der Waals surface area contributed by atoms with Crippen LogP contribution in [0.3, 0.4) is 0 Å². The summed E-state index contributed by atoms with van der Waals surface area (Å²) in [7, 11) is 0. The zero-order chi connectivity index (χ0) is 22.9. The Morgan fingerprint density at radius 3 is 2.18 bits per heavy atom. The maximum atomic E-state index is 13.3. The minimum atomic E-state index is -1.20. The van der Waals surface area contributed by atoms with Crippen molar-refractivity contribution >= 4 is 5.78 Å². The fraction of sp³-hybridized carbons (Fsp3) is 0.500. The summed E-state index contributed by atoms with van der Waals surface area (Å²) in [4.78, 5) is 18.0. The van der Waals surface area contributed by atoms with Crippen LogP contribution >= 0.6 is 0 Å². The fourth-order valence-electron chi connectivity index (χ4n) is 4.34. The lowest BCUT2D eigenvalue weighted by Crippen LogP contribution is -2.41. The number of ether oxygens (including phenoxy) is 3. The van der Waals surface area contributed by atoms with Crippen LogP contribution in [0.4, 0.5) is 0 Å². The SMILES string of the molecule is O=C(c1ccccc1C(CN1CCOCC1)OCCN1CCOCC1)C(O)c1ccccc1. The van der Waals surface area contributed by atoms with E-state index in [0.29, 0.717) is 37.5 Å². The number of ketones is 1. The molecule has 2 aromatic carbocycles. The van der Waals surface area contributed by atoms with Crippen LogP contribution in [0.25, 0.3) is 0 Å². The Kier molecular flexibility index (Phi) is 9.00. The number of hydrogen-bond acceptors (Lipinski definition) is 7. The first-order chi connectivity index (χ1) is 16.2. The molecule has 2 atom stereocenters. The molecule has 2 aliphatic heterocycles. The van der Waals surface area contributed by atoms with E-state index in [-0.39, 0.29) is 11.9 Å². The highest BCUT2D eigenvalue weighted by Gasteiger charge is 2.27. The predicted molar refractivity (Wildman–Crippen MR) is 125 cm³/mol. The van der Waals surface area contributed by atoms with Crippen molar-refractivity contribution in [1.29, 1.82) is 0 Å². The molecule has 0 amide bonds. The smallest absolute Gasteiger partial charge is 0.196 e. The number of morpholine rings is 2. The fourth-order valence-corrected chi connectivity index (χ4v) is 4.34. The Morgan fingerprint density at radius 1 is 0.879 bits per heavy atom. The van der Waals surface area contributed by atoms with Gasteiger partial charge in [0.2, 0.25) is 0 Å². The molecule has 2 aliphatic rings. The van der Waals surface area contributed by atoms with Gasteiger partial charge in [0.25, 0.3) is 0 Å². The van der Waals surface area contributed by atoms with E-state index in [2.05, 4.69) is 9.80 Å². The predicted octanol–water partition coefficient (Wildman–Crippen LogP) is 2.33. The van der Waals surface area contributed by atoms with Gasteiger partial charge in [0.1, 0.15) is 6.10 Å². The van der Waals surface area contributed by atoms with E-state index in [1.54, 1.807) is 18.2 Å². The Bertz CT molecular complexity index is 866. The maximum absolute atomic E-state index is 13.3. The molecule has 0 saturated carbocycles. The third-order valence-corrected chi connectivity index (χ3v) is 6.29. The molecule has 2 heterocycles. The van der Waals surface area contributed by atoms with E-state index >= 15 is 0 Å². The van der Waals surface area contributed by atoms with Crippen LogP contribution in [0.5, 0.6) is 0 Å². The quantitative estimate of drug-likeness (QED) is 0.553. The molecule has 7 nitrogen and oxygen atoms in total. The van der Waals surface area contributed by atoms with Gasteiger partial charge in [-0.05, 0) is 11.1 Å². The monoisotopic (exact) mass is 454 g/mol. The average molecular weight is 455 g/mol. The van der Waals surface area contributed by atoms with Gasteiger partial charge in [0.05, 0.1) is 39.1 Å². The van der Waals surface area contributed by atoms with Gasteiger partial charge < -0.3 is 19.3 Å². The van der Waals surface area contributed by atoms with Crippen molar-refractivity contribution in [2.45, 2.75) is 12.2 Å². The van der Waals surface area contributed by atoms with Crippen LogP contribution in [0.2, 0.25) is 0 Å². The maximum Gasteiger partial charge on any atom is 0.196 e. The van der Waals surface area contributed by atoms with E-state index in [4.69, 9.17) is 14.2 Å². The summed E-state index contributed by atoms with van der Waals surface area (Å²) in [6.45, 7) is 8.49. The summed E-state index contributed by atoms with van der Waals surface area (Å²) >= 11 is 0. The molecule has 0 aromatic heterocycles. The van der Waals surface area contributed by atoms with Gasteiger partial charge in [-0.25, -0.2) is 0 Å². The van der Waals surface area contributed by atoms with E-state index in [1.807, 2.05) is 36.4 Å². The third kappa shape index (κ3) is 6.69. The lowest BCUT2D eigenvalue weighted by molar-refractivity contribution is -0.0272. The number of aliphatic hydroxyl groups is 1. The van der Waals surface area contributed by atoms with Crippen LogP contribution < -0.4 is 0 Å². The minimum Gasteiger partial charge on any atom is -0.380 e. The molecule has 2 saturated heterocycles. The molecule has 0 aliphatic carbocycles. The molecule has 1 N–H and O–H groups in total. The summed E-state index contributed by atoms with van der Waals surface area (Å²) in [5.41, 5.74) is 1.93. The number of nitrogens with zero attached hydrogens (tertiary/aromatic N) is 2. The molecule has 2 fully saturated rings. The Balaban J connectivity index is 1.51. The van der Waals surface area contributed by atoms with E-state index < -0.39 is 6.10 Å². The molecular formula is C26H34N2O5. The first-order valence-electron chi connectivity index (χ1n) is 11.8. The summed E-state index contributed by atoms with van der Waals surface area (Å²) in [5.74, 6) is -0.305. The van der Waals surface area contributed by atoms with Gasteiger partial charge in [0.15, 0.2) is 5.78 Å². The zero-order valence-electron chi connectivity index (χ0n) is 19.1. The first-order valence-corrected chi connectivity index (χ1v) is 11.8. The van der Waals surface area contributed by atoms with Crippen LogP contribution in [0.1, 0.15) is 33.7 Å². The highest BCUT2D eigenvalue weighted by Crippen LogP contribution is 2.27. The second-order valence-electron chi connectivity index (χ2n) is 8.49. The van der Waals surface area contributed by atoms with Crippen molar-refractivity contribution in [1.82, 2.24) is 9.80 Å². The molecular weight excluding hydrogens is 420 g/mol. The second kappa shape index (κ2) is 12.4. The van der Waals surface area contributed by atoms with Crippen molar-refractivity contribution in [3.8, 4) is 0 Å². The summed E-state index contributed by atoms with van der Waals surface area (Å²) < 4.78 is 17.3. The molecule has 178 valence electrons. The minimum absolute atomic E-state index is 0.271. The van der Waals surface area contributed by atoms with Gasteiger partial charge in [-0.15, -0.1) is 0 Å². The van der Waals surface area contributed by atoms with E-state index in [0.717, 1.165) is 51.5 Å². The van der Waals surface area contributed by atoms with Crippen LogP contribution in [0.15, 0.2) is 54.6 Å². The lowest BCUT2D eigenvalue weighted by Gasteiger charge is -2.32. The molecule has 4 rings (SSSR count). The van der Waals surface area contributed by atoms with Crippen molar-refractivity contribution in [2.75, 3.05) is 72.3 Å². The number of aliphatic hydroxyl groups excluding tert-OH is 1. The van der Waals surface area contributed by atoms with Gasteiger partial charge in [-0.1, -0.05) is 54.6 Å². The summed E-state index contributed by atoms with van der Waals surface area (Å²) in [6, 6.07) is 16.6. The van der Waals surface area contributed by atoms with Crippen molar-refractivity contribution in [2.24, 2.45) is 0 Å². The van der Waals surface area contributed by atoms with Gasteiger partial charge >= 0.3 is 0 Å². The average Bonchev–Trinajstić information content (AvgIpc) is 2.89. The number of rotatable bonds is 10. The third-order valence-electron chi connectivity index (χ3n) is 6.29. The molecule has 2 unspecified atom stereocenters. The van der Waals surface area contributed by atoms with Crippen LogP contribution in [-0.4, -0.2) is 93.0 Å². The van der Waals surface area contributed by atoms with Gasteiger partial charge in [-0.2, -0.15) is 0 Å². The van der Waals surface area contributed by atoms with Crippen LogP contribution in [-0.2, 0) is 14.2 Å². The summed E-state index contributed by atoms with van der Waals surface area (Å²) in [6.07, 6.45) is -1.47. The standard InChI is InChI=1S/C26H34N2O5/c29-25(21-6-2-1-3-7-21)26(30)23-9-5-4-8-22(23)24(20-28-12-17-32-18-13-28)33-19-14-27-10-15-31-16-11-27/h1-9,24-25,29H,10-20H2. The molecule has 0 spiro atoms. The Morgan fingerprint density at radius 2 is 1.48 bits per heavy atom. The van der Waals surface area contributed by atoms with Crippen LogP contribution in [0, 0.1) is 0 Å². The second-order valence-corrected chi connectivity index (χ2v) is 8.49. The van der Waals surface area contributed by atoms with E-state index in [1.165, 1.54) is 0 Å². The molecule has 33 heavy (non-hydrogen) atoms. The first kappa shape index (κ1) is 24.0. The van der Waals surface area contributed by atoms with Crippen molar-refractivity contribution < 1.29 is 24.1 Å². The number of Topliss-reactive ketones (excluding diaryl/α,β-unsaturated/α-hetero) is 1. The topological polar surface area (TPSA) is 71.5 Å². The molecule has 2 aromatic rings. The number of carbonyl (C=O) groups is 1. The number of hydrogen-bond donors (Lipinski definition) is 1. The van der Waals surface area contributed by atoms with Crippen molar-refractivity contribution in [3.63, 3.8) is 0 Å². The molecule has 7 heteroatoms. The van der Waals surface area contributed by atoms with Gasteiger partial charge in [-0.3, -0.25) is 14.6 Å². The molecule has 0 radical (unpaired) electrons. The van der Waals surface area contributed by atoms with Gasteiger partial charge in [0, 0.05) is 44.8 Å².